The molecule has 0 aromatic heterocycles. The summed E-state index contributed by atoms with van der Waals surface area (Å²) in [6.45, 7) is 2.29. The van der Waals surface area contributed by atoms with Crippen LogP contribution in [0.25, 0.3) is 0 Å². The Balaban J connectivity index is 1.51. The molecule has 0 heterocycles. The molecule has 25 heavy (non-hydrogen) atoms. The third-order valence-electron chi connectivity index (χ3n) is 6.11. The highest BCUT2D eigenvalue weighted by Gasteiger charge is 2.20. The molecule has 1 aromatic carbocycles. The molecule has 0 radical (unpaired) electrons. The van der Waals surface area contributed by atoms with Gasteiger partial charge in [-0.3, -0.25) is 0 Å². The molecule has 0 atom stereocenters. The minimum atomic E-state index is 0.773. The lowest BCUT2D eigenvalue weighted by Crippen LogP contribution is -2.15. The zero-order valence-electron chi connectivity index (χ0n) is 16.3. The van der Waals surface area contributed by atoms with E-state index in [9.17, 15) is 0 Å². The monoisotopic (exact) mass is 339 g/mol. The molecule has 0 saturated heterocycles. The summed E-state index contributed by atoms with van der Waals surface area (Å²) in [6, 6.07) is 10.4. The summed E-state index contributed by atoms with van der Waals surface area (Å²) >= 11 is 0. The van der Waals surface area contributed by atoms with E-state index < -0.39 is 0 Å². The van der Waals surface area contributed by atoms with E-state index >= 15 is 0 Å². The molecular weight excluding hydrogens is 302 g/mol. The Morgan fingerprint density at radius 1 is 0.800 bits per heavy atom. The topological polar surface area (TPSA) is 23.8 Å². The van der Waals surface area contributed by atoms with Crippen molar-refractivity contribution in [2.75, 3.05) is 0 Å². The fourth-order valence-corrected chi connectivity index (χ4v) is 4.32. The van der Waals surface area contributed by atoms with Gasteiger partial charge in [-0.1, -0.05) is 96.1 Å². The van der Waals surface area contributed by atoms with Gasteiger partial charge in [-0.05, 0) is 42.4 Å². The lowest BCUT2D eigenvalue weighted by molar-refractivity contribution is 0.248. The Kier molecular flexibility index (Phi) is 9.71. The molecule has 1 aromatic rings. The number of rotatable bonds is 11. The lowest BCUT2D eigenvalue weighted by Gasteiger charge is -2.28. The zero-order valence-corrected chi connectivity index (χ0v) is 16.3. The zero-order chi connectivity index (χ0) is 17.7. The van der Waals surface area contributed by atoms with Gasteiger partial charge < -0.3 is 0 Å². The first-order valence-corrected chi connectivity index (χ1v) is 10.8. The van der Waals surface area contributed by atoms with Crippen LogP contribution in [0, 0.1) is 23.2 Å². The van der Waals surface area contributed by atoms with Gasteiger partial charge in [-0.25, -0.2) is 0 Å². The van der Waals surface area contributed by atoms with Crippen LogP contribution >= 0.6 is 0 Å². The molecule has 0 bridgehead atoms. The average Bonchev–Trinajstić information content (AvgIpc) is 2.67. The van der Waals surface area contributed by atoms with Crippen LogP contribution in [0.2, 0.25) is 0 Å². The molecule has 1 aliphatic carbocycles. The highest BCUT2D eigenvalue weighted by atomic mass is 14.3. The van der Waals surface area contributed by atoms with Crippen molar-refractivity contribution in [2.24, 2.45) is 11.8 Å². The van der Waals surface area contributed by atoms with E-state index in [0.29, 0.717) is 0 Å². The molecule has 0 aliphatic heterocycles. The van der Waals surface area contributed by atoms with Gasteiger partial charge in [0.2, 0.25) is 0 Å². The molecule has 0 N–H and O–H groups in total. The van der Waals surface area contributed by atoms with Crippen LogP contribution in [0.5, 0.6) is 0 Å². The summed E-state index contributed by atoms with van der Waals surface area (Å²) in [5, 5.41) is 8.86. The Labute approximate surface area is 155 Å². The largest absolute Gasteiger partial charge is 0.192 e. The third-order valence-corrected chi connectivity index (χ3v) is 6.11. The molecule has 0 spiro atoms. The van der Waals surface area contributed by atoms with E-state index in [1.54, 1.807) is 0 Å². The SMILES string of the molecule is CCCCCCCCC[C@H]1CC[C@H](CCc2ccc(C#N)cc2)CC1. The number of benzene rings is 1. The molecule has 1 nitrogen and oxygen atoms in total. The van der Waals surface area contributed by atoms with Crippen molar-refractivity contribution in [1.82, 2.24) is 0 Å². The molecule has 0 unspecified atom stereocenters. The summed E-state index contributed by atoms with van der Waals surface area (Å²) in [4.78, 5) is 0. The minimum absolute atomic E-state index is 0.773. The second-order valence-corrected chi connectivity index (χ2v) is 8.14. The van der Waals surface area contributed by atoms with Crippen LogP contribution in [0.4, 0.5) is 0 Å². The summed E-state index contributed by atoms with van der Waals surface area (Å²) in [5.74, 6) is 1.95. The Hall–Kier alpha value is -1.29. The average molecular weight is 340 g/mol. The van der Waals surface area contributed by atoms with Gasteiger partial charge in [-0.2, -0.15) is 5.26 Å². The van der Waals surface area contributed by atoms with Crippen molar-refractivity contribution in [3.8, 4) is 6.07 Å². The van der Waals surface area contributed by atoms with E-state index in [1.807, 2.05) is 12.1 Å². The van der Waals surface area contributed by atoms with E-state index in [-0.39, 0.29) is 0 Å². The van der Waals surface area contributed by atoms with Crippen LogP contribution in [0.15, 0.2) is 24.3 Å². The molecular formula is C24H37N. The van der Waals surface area contributed by atoms with Crippen molar-refractivity contribution < 1.29 is 0 Å². The number of hydrogen-bond donors (Lipinski definition) is 0. The summed E-state index contributed by atoms with van der Waals surface area (Å²) in [6.07, 6.45) is 19.9. The first-order chi connectivity index (χ1) is 12.3. The molecule has 1 fully saturated rings. The summed E-state index contributed by atoms with van der Waals surface area (Å²) in [7, 11) is 0. The van der Waals surface area contributed by atoms with Gasteiger partial charge in [-0.15, -0.1) is 0 Å². The standard InChI is InChI=1S/C24H37N/c1-2-3-4-5-6-7-8-9-21-10-12-22(13-11-21)14-15-23-16-18-24(20-25)19-17-23/h16-19,21-22H,2-15H2,1H3/t21-,22-. The Morgan fingerprint density at radius 3 is 1.96 bits per heavy atom. The normalized spacial score (nSPS) is 20.3. The summed E-state index contributed by atoms with van der Waals surface area (Å²) < 4.78 is 0. The fraction of sp³-hybridized carbons (Fsp3) is 0.708. The fourth-order valence-electron chi connectivity index (χ4n) is 4.32. The van der Waals surface area contributed by atoms with Crippen molar-refractivity contribution in [1.29, 1.82) is 5.26 Å². The van der Waals surface area contributed by atoms with E-state index in [0.717, 1.165) is 17.4 Å². The van der Waals surface area contributed by atoms with Crippen molar-refractivity contribution >= 4 is 0 Å². The van der Waals surface area contributed by atoms with Crippen molar-refractivity contribution in [3.05, 3.63) is 35.4 Å². The van der Waals surface area contributed by atoms with E-state index in [4.69, 9.17) is 5.26 Å². The second kappa shape index (κ2) is 12.1. The van der Waals surface area contributed by atoms with Crippen LogP contribution in [0.1, 0.15) is 102 Å². The van der Waals surface area contributed by atoms with Crippen molar-refractivity contribution in [2.45, 2.75) is 96.8 Å². The van der Waals surface area contributed by atoms with Crippen LogP contribution < -0.4 is 0 Å². The molecule has 1 heteroatoms. The smallest absolute Gasteiger partial charge is 0.0991 e. The quantitative estimate of drug-likeness (QED) is 0.384. The molecule has 2 rings (SSSR count). The van der Waals surface area contributed by atoms with Gasteiger partial charge in [0, 0.05) is 0 Å². The van der Waals surface area contributed by atoms with Crippen molar-refractivity contribution in [3.63, 3.8) is 0 Å². The van der Waals surface area contributed by atoms with E-state index in [2.05, 4.69) is 25.1 Å². The number of hydrogen-bond acceptors (Lipinski definition) is 1. The Morgan fingerprint density at radius 2 is 1.36 bits per heavy atom. The predicted octanol–water partition coefficient (Wildman–Crippen LogP) is 7.44. The van der Waals surface area contributed by atoms with Crippen LogP contribution in [0.3, 0.4) is 0 Å². The van der Waals surface area contributed by atoms with Gasteiger partial charge in [0.05, 0.1) is 11.6 Å². The molecule has 1 saturated carbocycles. The first-order valence-electron chi connectivity index (χ1n) is 10.8. The third kappa shape index (κ3) is 8.08. The maximum absolute atomic E-state index is 8.86. The predicted molar refractivity (Wildman–Crippen MR) is 108 cm³/mol. The number of aryl methyl sites for hydroxylation is 1. The van der Waals surface area contributed by atoms with Gasteiger partial charge in [0.25, 0.3) is 0 Å². The highest BCUT2D eigenvalue weighted by molar-refractivity contribution is 5.31. The van der Waals surface area contributed by atoms with Crippen LogP contribution in [-0.4, -0.2) is 0 Å². The summed E-state index contributed by atoms with van der Waals surface area (Å²) in [5.41, 5.74) is 2.17. The number of unbranched alkanes of at least 4 members (excludes halogenated alkanes) is 6. The molecule has 0 amide bonds. The van der Waals surface area contributed by atoms with Gasteiger partial charge in [0.15, 0.2) is 0 Å². The number of nitriles is 1. The van der Waals surface area contributed by atoms with Gasteiger partial charge >= 0.3 is 0 Å². The highest BCUT2D eigenvalue weighted by Crippen LogP contribution is 2.34. The maximum atomic E-state index is 8.86. The first kappa shape index (κ1) is 20.0. The number of nitrogens with zero attached hydrogens (tertiary/aromatic N) is 1. The van der Waals surface area contributed by atoms with Crippen LogP contribution in [-0.2, 0) is 6.42 Å². The maximum Gasteiger partial charge on any atom is 0.0991 e. The Bertz CT molecular complexity index is 488. The van der Waals surface area contributed by atoms with Gasteiger partial charge in [0.1, 0.15) is 0 Å². The lowest BCUT2D eigenvalue weighted by atomic mass is 9.77. The van der Waals surface area contributed by atoms with E-state index in [1.165, 1.54) is 95.5 Å². The molecule has 1 aliphatic rings. The second-order valence-electron chi connectivity index (χ2n) is 8.14. The molecule has 138 valence electrons. The minimum Gasteiger partial charge on any atom is -0.192 e.